The summed E-state index contributed by atoms with van der Waals surface area (Å²) in [5, 5.41) is 0.131. The lowest BCUT2D eigenvalue weighted by Gasteiger charge is -2.08. The molecule has 2 aromatic rings. The van der Waals surface area contributed by atoms with Crippen LogP contribution in [0.2, 0.25) is 5.15 Å². The first-order chi connectivity index (χ1) is 8.88. The van der Waals surface area contributed by atoms with Crippen molar-refractivity contribution < 1.29 is 17.2 Å². The molecule has 4 nitrogen and oxygen atoms in total. The third kappa shape index (κ3) is 3.18. The molecule has 0 amide bonds. The standard InChI is InChI=1S/C11H7ClF2N2O2S/c12-11-4-2-8(6-15-11)19(17,18)16-10-3-1-7(13)5-9(10)14/h1-6,16H. The van der Waals surface area contributed by atoms with E-state index in [0.717, 1.165) is 18.3 Å². The molecule has 8 heteroatoms. The Bertz CT molecular complexity index is 705. The quantitative estimate of drug-likeness (QED) is 0.887. The minimum atomic E-state index is -4.00. The van der Waals surface area contributed by atoms with Crippen LogP contribution < -0.4 is 4.72 Å². The van der Waals surface area contributed by atoms with Crippen molar-refractivity contribution in [3.05, 3.63) is 53.3 Å². The van der Waals surface area contributed by atoms with Gasteiger partial charge in [-0.1, -0.05) is 11.6 Å². The van der Waals surface area contributed by atoms with Crippen LogP contribution in [0.3, 0.4) is 0 Å². The average molecular weight is 305 g/mol. The Hall–Kier alpha value is -1.73. The van der Waals surface area contributed by atoms with E-state index >= 15 is 0 Å². The molecule has 0 aliphatic heterocycles. The van der Waals surface area contributed by atoms with Crippen LogP contribution >= 0.6 is 11.6 Å². The number of halogens is 3. The molecular formula is C11H7ClF2N2O2S. The third-order valence-corrected chi connectivity index (χ3v) is 3.76. The van der Waals surface area contributed by atoms with Crippen molar-refractivity contribution >= 4 is 27.3 Å². The summed E-state index contributed by atoms with van der Waals surface area (Å²) < 4.78 is 51.9. The lowest BCUT2D eigenvalue weighted by Crippen LogP contribution is -2.14. The van der Waals surface area contributed by atoms with E-state index in [1.807, 2.05) is 4.72 Å². The molecule has 100 valence electrons. The number of pyridine rings is 1. The highest BCUT2D eigenvalue weighted by Crippen LogP contribution is 2.20. The van der Waals surface area contributed by atoms with Crippen molar-refractivity contribution in [1.29, 1.82) is 0 Å². The van der Waals surface area contributed by atoms with Crippen LogP contribution in [0.5, 0.6) is 0 Å². The number of sulfonamides is 1. The third-order valence-electron chi connectivity index (χ3n) is 2.19. The molecule has 19 heavy (non-hydrogen) atoms. The van der Waals surface area contributed by atoms with E-state index in [2.05, 4.69) is 4.98 Å². The smallest absolute Gasteiger partial charge is 0.263 e. The second-order valence-corrected chi connectivity index (χ2v) is 5.62. The zero-order valence-electron chi connectivity index (χ0n) is 9.27. The number of nitrogens with zero attached hydrogens (tertiary/aromatic N) is 1. The van der Waals surface area contributed by atoms with Gasteiger partial charge < -0.3 is 0 Å². The summed E-state index contributed by atoms with van der Waals surface area (Å²) >= 11 is 5.54. The normalized spacial score (nSPS) is 11.3. The van der Waals surface area contributed by atoms with Gasteiger partial charge in [-0.2, -0.15) is 0 Å². The van der Waals surface area contributed by atoms with Gasteiger partial charge in [-0.3, -0.25) is 4.72 Å². The van der Waals surface area contributed by atoms with Gasteiger partial charge in [-0.25, -0.2) is 22.2 Å². The number of hydrogen-bond acceptors (Lipinski definition) is 3. The Balaban J connectivity index is 2.33. The first-order valence-electron chi connectivity index (χ1n) is 4.98. The van der Waals surface area contributed by atoms with E-state index in [9.17, 15) is 17.2 Å². The Kier molecular flexibility index (Phi) is 3.68. The molecule has 0 saturated carbocycles. The minimum Gasteiger partial charge on any atom is -0.277 e. The number of nitrogens with one attached hydrogen (secondary N) is 1. The zero-order valence-corrected chi connectivity index (χ0v) is 10.8. The van der Waals surface area contributed by atoms with Crippen LogP contribution in [0.25, 0.3) is 0 Å². The number of hydrogen-bond donors (Lipinski definition) is 1. The summed E-state index contributed by atoms with van der Waals surface area (Å²) in [5.41, 5.74) is -0.351. The van der Waals surface area contributed by atoms with Gasteiger partial charge >= 0.3 is 0 Å². The number of rotatable bonds is 3. The summed E-state index contributed by atoms with van der Waals surface area (Å²) in [6, 6.07) is 5.03. The van der Waals surface area contributed by atoms with Gasteiger partial charge in [0, 0.05) is 12.3 Å². The van der Waals surface area contributed by atoms with Crippen LogP contribution in [-0.2, 0) is 10.0 Å². The lowest BCUT2D eigenvalue weighted by molar-refractivity contribution is 0.582. The van der Waals surface area contributed by atoms with E-state index in [-0.39, 0.29) is 15.7 Å². The first-order valence-corrected chi connectivity index (χ1v) is 6.84. The summed E-state index contributed by atoms with van der Waals surface area (Å²) in [6.45, 7) is 0. The van der Waals surface area contributed by atoms with Crippen molar-refractivity contribution in [2.24, 2.45) is 0 Å². The number of aromatic nitrogens is 1. The highest BCUT2D eigenvalue weighted by atomic mass is 35.5. The zero-order chi connectivity index (χ0) is 14.0. The van der Waals surface area contributed by atoms with Gasteiger partial charge in [0.15, 0.2) is 0 Å². The lowest BCUT2D eigenvalue weighted by atomic mass is 10.3. The Morgan fingerprint density at radius 3 is 2.47 bits per heavy atom. The van der Waals surface area contributed by atoms with Crippen LogP contribution in [0.15, 0.2) is 41.4 Å². The maximum absolute atomic E-state index is 13.4. The average Bonchev–Trinajstić information content (AvgIpc) is 2.33. The fourth-order valence-electron chi connectivity index (χ4n) is 1.30. The summed E-state index contributed by atoms with van der Waals surface area (Å²) in [6.07, 6.45) is 1.03. The predicted molar refractivity (Wildman–Crippen MR) is 66.4 cm³/mol. The van der Waals surface area contributed by atoms with Gasteiger partial charge in [0.25, 0.3) is 10.0 Å². The molecule has 0 saturated heterocycles. The van der Waals surface area contributed by atoms with Gasteiger partial charge in [-0.15, -0.1) is 0 Å². The van der Waals surface area contributed by atoms with Crippen molar-refractivity contribution in [1.82, 2.24) is 4.98 Å². The maximum Gasteiger partial charge on any atom is 0.263 e. The molecule has 1 aromatic carbocycles. The van der Waals surface area contributed by atoms with Crippen LogP contribution in [0.1, 0.15) is 0 Å². The van der Waals surface area contributed by atoms with Crippen molar-refractivity contribution in [3.8, 4) is 0 Å². The van der Waals surface area contributed by atoms with Crippen LogP contribution in [0, 0.1) is 11.6 Å². The highest BCUT2D eigenvalue weighted by molar-refractivity contribution is 7.92. The van der Waals surface area contributed by atoms with Gasteiger partial charge in [0.1, 0.15) is 21.7 Å². The van der Waals surface area contributed by atoms with Crippen molar-refractivity contribution in [2.45, 2.75) is 4.90 Å². The van der Waals surface area contributed by atoms with Crippen LogP contribution in [0.4, 0.5) is 14.5 Å². The summed E-state index contributed by atoms with van der Waals surface area (Å²) in [7, 11) is -4.00. The monoisotopic (exact) mass is 304 g/mol. The molecule has 0 unspecified atom stereocenters. The Morgan fingerprint density at radius 2 is 1.89 bits per heavy atom. The Labute approximate surface area is 113 Å². The SMILES string of the molecule is O=S(=O)(Nc1ccc(F)cc1F)c1ccc(Cl)nc1. The molecule has 0 aliphatic carbocycles. The fourth-order valence-corrected chi connectivity index (χ4v) is 2.42. The maximum atomic E-state index is 13.4. The van der Waals surface area contributed by atoms with Crippen LogP contribution in [-0.4, -0.2) is 13.4 Å². The molecule has 1 N–H and O–H groups in total. The van der Waals surface area contributed by atoms with Crippen molar-refractivity contribution in [3.63, 3.8) is 0 Å². The molecule has 0 fully saturated rings. The van der Waals surface area contributed by atoms with E-state index in [1.54, 1.807) is 0 Å². The molecule has 0 spiro atoms. The highest BCUT2D eigenvalue weighted by Gasteiger charge is 2.16. The molecule has 1 aromatic heterocycles. The van der Waals surface area contributed by atoms with E-state index < -0.39 is 21.7 Å². The molecule has 1 heterocycles. The minimum absolute atomic E-state index is 0.131. The summed E-state index contributed by atoms with van der Waals surface area (Å²) in [5.74, 6) is -1.81. The molecule has 0 aliphatic rings. The first kappa shape index (κ1) is 13.7. The molecule has 0 radical (unpaired) electrons. The Morgan fingerprint density at radius 1 is 1.16 bits per heavy atom. The van der Waals surface area contributed by atoms with Crippen molar-refractivity contribution in [2.75, 3.05) is 4.72 Å². The van der Waals surface area contributed by atoms with Gasteiger partial charge in [-0.05, 0) is 24.3 Å². The fraction of sp³-hybridized carbons (Fsp3) is 0. The second-order valence-electron chi connectivity index (χ2n) is 3.55. The predicted octanol–water partition coefficient (Wildman–Crippen LogP) is 2.81. The molecule has 2 rings (SSSR count). The molecular weight excluding hydrogens is 298 g/mol. The largest absolute Gasteiger partial charge is 0.277 e. The number of anilines is 1. The molecule has 0 bridgehead atoms. The van der Waals surface area contributed by atoms with E-state index in [1.165, 1.54) is 12.1 Å². The van der Waals surface area contributed by atoms with E-state index in [0.29, 0.717) is 6.07 Å². The molecule has 0 atom stereocenters. The topological polar surface area (TPSA) is 59.1 Å². The van der Waals surface area contributed by atoms with Gasteiger partial charge in [0.2, 0.25) is 0 Å². The number of benzene rings is 1. The van der Waals surface area contributed by atoms with Gasteiger partial charge in [0.05, 0.1) is 5.69 Å². The second kappa shape index (κ2) is 5.10. The summed E-state index contributed by atoms with van der Waals surface area (Å²) in [4.78, 5) is 3.44. The van der Waals surface area contributed by atoms with E-state index in [4.69, 9.17) is 11.6 Å².